The molecule has 0 spiro atoms. The van der Waals surface area contributed by atoms with Gasteiger partial charge < -0.3 is 10.5 Å². The lowest BCUT2D eigenvalue weighted by molar-refractivity contribution is -0.149. The second-order valence-corrected chi connectivity index (χ2v) is 10.4. The molecule has 1 aliphatic carbocycles. The van der Waals surface area contributed by atoms with E-state index in [9.17, 15) is 10.1 Å². The molecule has 0 radical (unpaired) electrons. The molecule has 0 atom stereocenters. The zero-order chi connectivity index (χ0) is 23.0. The van der Waals surface area contributed by atoms with Crippen molar-refractivity contribution in [1.29, 1.82) is 5.26 Å². The smallest absolute Gasteiger partial charge is 0.317 e. The van der Waals surface area contributed by atoms with Crippen molar-refractivity contribution < 1.29 is 9.53 Å². The van der Waals surface area contributed by atoms with Crippen molar-refractivity contribution >= 4 is 34.5 Å². The van der Waals surface area contributed by atoms with Crippen molar-refractivity contribution in [3.05, 3.63) is 27.3 Å². The van der Waals surface area contributed by atoms with Crippen LogP contribution in [0.5, 0.6) is 0 Å². The fourth-order valence-corrected chi connectivity index (χ4v) is 4.75. The van der Waals surface area contributed by atoms with Gasteiger partial charge in [0.05, 0.1) is 21.7 Å². The van der Waals surface area contributed by atoms with Gasteiger partial charge in [0.1, 0.15) is 11.6 Å². The maximum Gasteiger partial charge on any atom is 0.317 e. The Balaban J connectivity index is 2.16. The van der Waals surface area contributed by atoms with Crippen LogP contribution in [-0.4, -0.2) is 20.7 Å². The summed E-state index contributed by atoms with van der Waals surface area (Å²) in [4.78, 5) is 18.0. The molecule has 8 heteroatoms. The van der Waals surface area contributed by atoms with Gasteiger partial charge in [-0.2, -0.15) is 10.4 Å². The van der Waals surface area contributed by atoms with Crippen molar-refractivity contribution in [1.82, 2.24) is 14.8 Å². The number of allylic oxidation sites excluding steroid dienone is 1. The number of esters is 1. The van der Waals surface area contributed by atoms with Crippen LogP contribution in [0, 0.1) is 23.7 Å². The topological polar surface area (TPSA) is 107 Å². The SMILES string of the molecule is Cc1c(/C(OC(=O)C2(C)CCCCC2)=C(\C#N)c2csc(C(C)(C)C)n2)c(N)nn1C. The number of hydrogen-bond acceptors (Lipinski definition) is 7. The van der Waals surface area contributed by atoms with E-state index >= 15 is 0 Å². The molecular formula is C23H31N5O2S. The number of anilines is 1. The standard InChI is InChI=1S/C23H31N5O2S/c1-14-17(19(25)27-28(14)6)18(30-21(29)23(5)10-8-7-9-11-23)15(12-24)16-13-31-20(26-16)22(2,3)4/h13H,7-11H2,1-6H3,(H2,25,27)/b18-15-. The first-order chi connectivity index (χ1) is 14.5. The van der Waals surface area contributed by atoms with Gasteiger partial charge >= 0.3 is 5.97 Å². The van der Waals surface area contributed by atoms with Crippen molar-refractivity contribution in [3.63, 3.8) is 0 Å². The highest BCUT2D eigenvalue weighted by Gasteiger charge is 2.38. The molecule has 7 nitrogen and oxygen atoms in total. The van der Waals surface area contributed by atoms with Crippen LogP contribution in [0.25, 0.3) is 11.3 Å². The van der Waals surface area contributed by atoms with Gasteiger partial charge in [-0.15, -0.1) is 11.3 Å². The highest BCUT2D eigenvalue weighted by Crippen LogP contribution is 2.41. The minimum Gasteiger partial charge on any atom is -0.424 e. The zero-order valence-corrected chi connectivity index (χ0v) is 20.0. The van der Waals surface area contributed by atoms with E-state index in [4.69, 9.17) is 10.5 Å². The largest absolute Gasteiger partial charge is 0.424 e. The first kappa shape index (κ1) is 23.0. The van der Waals surface area contributed by atoms with Crippen molar-refractivity contribution in [3.8, 4) is 6.07 Å². The van der Waals surface area contributed by atoms with E-state index in [0.29, 0.717) is 17.0 Å². The van der Waals surface area contributed by atoms with Crippen LogP contribution in [0.15, 0.2) is 5.38 Å². The molecule has 166 valence electrons. The average Bonchev–Trinajstić information content (AvgIpc) is 3.27. The summed E-state index contributed by atoms with van der Waals surface area (Å²) < 4.78 is 7.63. The monoisotopic (exact) mass is 441 g/mol. The third-order valence-corrected chi connectivity index (χ3v) is 7.24. The first-order valence-electron chi connectivity index (χ1n) is 10.6. The molecule has 0 aliphatic heterocycles. The maximum absolute atomic E-state index is 13.3. The summed E-state index contributed by atoms with van der Waals surface area (Å²) in [5, 5.41) is 17.1. The number of carbonyl (C=O) groups is 1. The number of nitrogen functional groups attached to an aromatic ring is 1. The summed E-state index contributed by atoms with van der Waals surface area (Å²) in [6.45, 7) is 9.99. The van der Waals surface area contributed by atoms with Crippen LogP contribution in [0.2, 0.25) is 0 Å². The van der Waals surface area contributed by atoms with Gasteiger partial charge in [-0.25, -0.2) is 4.98 Å². The molecule has 0 unspecified atom stereocenters. The quantitative estimate of drug-likeness (QED) is 0.408. The van der Waals surface area contributed by atoms with Crippen LogP contribution >= 0.6 is 11.3 Å². The van der Waals surface area contributed by atoms with E-state index in [0.717, 1.165) is 37.1 Å². The summed E-state index contributed by atoms with van der Waals surface area (Å²) in [5.74, 6) is 0.0349. The van der Waals surface area contributed by atoms with Crippen molar-refractivity contribution in [2.45, 2.75) is 72.1 Å². The Morgan fingerprint density at radius 2 is 1.97 bits per heavy atom. The Kier molecular flexibility index (Phi) is 6.28. The summed E-state index contributed by atoms with van der Waals surface area (Å²) in [6.07, 6.45) is 4.65. The molecule has 31 heavy (non-hydrogen) atoms. The normalized spacial score (nSPS) is 17.1. The van der Waals surface area contributed by atoms with Gasteiger partial charge in [-0.05, 0) is 26.7 Å². The highest BCUT2D eigenvalue weighted by atomic mass is 32.1. The molecule has 2 aromatic heterocycles. The molecule has 1 fully saturated rings. The Bertz CT molecular complexity index is 1060. The van der Waals surface area contributed by atoms with Crippen molar-refractivity contribution in [2.75, 3.05) is 5.73 Å². The summed E-state index contributed by atoms with van der Waals surface area (Å²) in [5.41, 5.74) is 7.33. The first-order valence-corrected chi connectivity index (χ1v) is 11.5. The molecule has 1 aliphatic rings. The van der Waals surface area contributed by atoms with Gasteiger partial charge in [0, 0.05) is 23.5 Å². The molecule has 0 bridgehead atoms. The van der Waals surface area contributed by atoms with Gasteiger partial charge in [-0.1, -0.05) is 40.0 Å². The fraction of sp³-hybridized carbons (Fsp3) is 0.565. The predicted octanol–water partition coefficient (Wildman–Crippen LogP) is 4.97. The summed E-state index contributed by atoms with van der Waals surface area (Å²) in [7, 11) is 1.77. The minimum absolute atomic E-state index is 0.146. The average molecular weight is 442 g/mol. The third kappa shape index (κ3) is 4.52. The molecule has 2 N–H and O–H groups in total. The lowest BCUT2D eigenvalue weighted by atomic mass is 9.76. The van der Waals surface area contributed by atoms with Crippen LogP contribution < -0.4 is 5.73 Å². The summed E-state index contributed by atoms with van der Waals surface area (Å²) in [6, 6.07) is 2.22. The van der Waals surface area contributed by atoms with E-state index < -0.39 is 5.41 Å². The number of aryl methyl sites for hydroxylation is 1. The van der Waals surface area contributed by atoms with E-state index in [1.165, 1.54) is 11.3 Å². The molecule has 3 rings (SSSR count). The highest BCUT2D eigenvalue weighted by molar-refractivity contribution is 7.10. The number of thiazole rings is 1. The zero-order valence-electron chi connectivity index (χ0n) is 19.2. The van der Waals surface area contributed by atoms with E-state index in [1.54, 1.807) is 11.7 Å². The lowest BCUT2D eigenvalue weighted by Crippen LogP contribution is -2.32. The van der Waals surface area contributed by atoms with Gasteiger partial charge in [0.2, 0.25) is 0 Å². The molecule has 2 heterocycles. The Hall–Kier alpha value is -2.66. The lowest BCUT2D eigenvalue weighted by Gasteiger charge is -2.31. The maximum atomic E-state index is 13.3. The minimum atomic E-state index is -0.576. The van der Waals surface area contributed by atoms with Crippen molar-refractivity contribution in [2.24, 2.45) is 12.5 Å². The number of aromatic nitrogens is 3. The van der Waals surface area contributed by atoms with Crippen LogP contribution in [0.1, 0.15) is 81.8 Å². The number of nitrogens with two attached hydrogens (primary N) is 1. The second-order valence-electron chi connectivity index (χ2n) is 9.58. The molecule has 0 amide bonds. The van der Waals surface area contributed by atoms with E-state index in [2.05, 4.69) is 36.9 Å². The molecule has 0 saturated heterocycles. The number of carbonyl (C=O) groups excluding carboxylic acids is 1. The number of rotatable bonds is 4. The Labute approximate surface area is 187 Å². The van der Waals surface area contributed by atoms with Crippen LogP contribution in [-0.2, 0) is 22.0 Å². The number of nitriles is 1. The van der Waals surface area contributed by atoms with Crippen LogP contribution in [0.3, 0.4) is 0 Å². The van der Waals surface area contributed by atoms with Gasteiger partial charge in [0.25, 0.3) is 0 Å². The second kappa shape index (κ2) is 8.46. The number of nitrogens with zero attached hydrogens (tertiary/aromatic N) is 4. The summed E-state index contributed by atoms with van der Waals surface area (Å²) >= 11 is 1.48. The Morgan fingerprint density at radius 3 is 2.45 bits per heavy atom. The van der Waals surface area contributed by atoms with Crippen LogP contribution in [0.4, 0.5) is 5.82 Å². The van der Waals surface area contributed by atoms with E-state index in [1.807, 2.05) is 19.2 Å². The van der Waals surface area contributed by atoms with Gasteiger partial charge in [-0.3, -0.25) is 9.48 Å². The molecular weight excluding hydrogens is 410 g/mol. The molecule has 2 aromatic rings. The third-order valence-electron chi connectivity index (χ3n) is 5.97. The van der Waals surface area contributed by atoms with E-state index in [-0.39, 0.29) is 28.5 Å². The van der Waals surface area contributed by atoms with Gasteiger partial charge in [0.15, 0.2) is 11.6 Å². The number of ether oxygens (including phenoxy) is 1. The molecule has 1 saturated carbocycles. The molecule has 0 aromatic carbocycles. The predicted molar refractivity (Wildman–Crippen MR) is 123 cm³/mol. The number of hydrogen-bond donors (Lipinski definition) is 1. The Morgan fingerprint density at radius 1 is 1.32 bits per heavy atom. The fourth-order valence-electron chi connectivity index (χ4n) is 3.85.